The molecule has 0 spiro atoms. The number of aryl methyl sites for hydroxylation is 1. The molecule has 10 heteroatoms. The van der Waals surface area contributed by atoms with Crippen molar-refractivity contribution < 1.29 is 12.0 Å². The highest BCUT2D eigenvalue weighted by Gasteiger charge is 2.13. The lowest BCUT2D eigenvalue weighted by Crippen LogP contribution is -2.25. The lowest BCUT2D eigenvalue weighted by molar-refractivity contribution is 0.0950. The van der Waals surface area contributed by atoms with Gasteiger partial charge in [0, 0.05) is 40.6 Å². The summed E-state index contributed by atoms with van der Waals surface area (Å²) in [4.78, 5) is 20.6. The monoisotopic (exact) mass is 410 g/mol. The minimum absolute atomic E-state index is 0. The number of anilines is 3. The van der Waals surface area contributed by atoms with Gasteiger partial charge < -0.3 is 25.9 Å². The quantitative estimate of drug-likeness (QED) is 0.333. The zero-order valence-electron chi connectivity index (χ0n) is 16.1. The minimum Gasteiger partial charge on any atom is -0.365 e. The SMILES string of the molecule is Cn1cc(Nc2ncc(C=N)c(NCc3ccccc3F)n2)cc1C(=O)NCC#N.[HH].[HH]. The number of benzene rings is 1. The van der Waals surface area contributed by atoms with Crippen molar-refractivity contribution in [3.05, 3.63) is 65.4 Å². The molecule has 0 saturated heterocycles. The fourth-order valence-electron chi connectivity index (χ4n) is 2.72. The van der Waals surface area contributed by atoms with Crippen LogP contribution in [0.5, 0.6) is 0 Å². The highest BCUT2D eigenvalue weighted by atomic mass is 19.1. The van der Waals surface area contributed by atoms with Crippen LogP contribution in [-0.2, 0) is 13.6 Å². The Kier molecular flexibility index (Phi) is 6.34. The van der Waals surface area contributed by atoms with Crippen molar-refractivity contribution in [2.75, 3.05) is 17.2 Å². The van der Waals surface area contributed by atoms with E-state index in [2.05, 4.69) is 25.9 Å². The van der Waals surface area contributed by atoms with E-state index in [1.165, 1.54) is 12.3 Å². The zero-order chi connectivity index (χ0) is 21.5. The van der Waals surface area contributed by atoms with Crippen LogP contribution in [0, 0.1) is 22.6 Å². The third-order valence-electron chi connectivity index (χ3n) is 4.20. The molecule has 0 saturated carbocycles. The van der Waals surface area contributed by atoms with Gasteiger partial charge in [0.1, 0.15) is 23.9 Å². The van der Waals surface area contributed by atoms with Gasteiger partial charge in [0.2, 0.25) is 5.95 Å². The summed E-state index contributed by atoms with van der Waals surface area (Å²) < 4.78 is 15.5. The van der Waals surface area contributed by atoms with Crippen molar-refractivity contribution in [3.63, 3.8) is 0 Å². The smallest absolute Gasteiger partial charge is 0.268 e. The summed E-state index contributed by atoms with van der Waals surface area (Å²) in [5.41, 5.74) is 1.85. The number of rotatable bonds is 8. The van der Waals surface area contributed by atoms with Crippen LogP contribution in [-0.4, -0.2) is 33.2 Å². The van der Waals surface area contributed by atoms with Gasteiger partial charge in [0.15, 0.2) is 0 Å². The second-order valence-electron chi connectivity index (χ2n) is 6.28. The van der Waals surface area contributed by atoms with E-state index in [1.807, 2.05) is 6.07 Å². The molecule has 156 valence electrons. The molecule has 0 aliphatic heterocycles. The van der Waals surface area contributed by atoms with E-state index in [1.54, 1.807) is 42.1 Å². The number of nitriles is 1. The first-order valence-corrected chi connectivity index (χ1v) is 8.95. The van der Waals surface area contributed by atoms with Crippen LogP contribution in [0.4, 0.5) is 21.8 Å². The first-order valence-electron chi connectivity index (χ1n) is 8.95. The second-order valence-corrected chi connectivity index (χ2v) is 6.28. The molecule has 0 aliphatic rings. The van der Waals surface area contributed by atoms with Crippen LogP contribution in [0.2, 0.25) is 0 Å². The molecule has 0 atom stereocenters. The van der Waals surface area contributed by atoms with Gasteiger partial charge in [-0.25, -0.2) is 9.37 Å². The molecule has 30 heavy (non-hydrogen) atoms. The van der Waals surface area contributed by atoms with Crippen LogP contribution in [0.1, 0.15) is 24.5 Å². The summed E-state index contributed by atoms with van der Waals surface area (Å²) in [5, 5.41) is 24.6. The number of halogens is 1. The minimum atomic E-state index is -0.376. The molecule has 9 nitrogen and oxygen atoms in total. The summed E-state index contributed by atoms with van der Waals surface area (Å²) in [6, 6.07) is 9.85. The Bertz CT molecular complexity index is 1130. The number of hydrogen-bond acceptors (Lipinski definition) is 7. The third-order valence-corrected chi connectivity index (χ3v) is 4.20. The molecule has 1 aromatic carbocycles. The van der Waals surface area contributed by atoms with Crippen LogP contribution in [0.15, 0.2) is 42.7 Å². The van der Waals surface area contributed by atoms with Gasteiger partial charge in [-0.15, -0.1) is 0 Å². The van der Waals surface area contributed by atoms with Crippen LogP contribution >= 0.6 is 0 Å². The summed E-state index contributed by atoms with van der Waals surface area (Å²) in [6.45, 7) is 0.108. The Balaban J connectivity index is 0.00000256. The first kappa shape index (κ1) is 20.5. The van der Waals surface area contributed by atoms with E-state index in [9.17, 15) is 9.18 Å². The van der Waals surface area contributed by atoms with E-state index in [-0.39, 0.29) is 33.6 Å². The number of amides is 1. The summed E-state index contributed by atoms with van der Waals surface area (Å²) in [5.74, 6) is -0.0976. The molecule has 2 aromatic heterocycles. The van der Waals surface area contributed by atoms with E-state index in [0.29, 0.717) is 28.3 Å². The largest absolute Gasteiger partial charge is 0.365 e. The number of hydrogen-bond donors (Lipinski definition) is 4. The van der Waals surface area contributed by atoms with Gasteiger partial charge in [0.05, 0.1) is 17.3 Å². The number of carbonyl (C=O) groups excluding carboxylic acids is 1. The highest BCUT2D eigenvalue weighted by Crippen LogP contribution is 2.20. The Morgan fingerprint density at radius 3 is 2.97 bits per heavy atom. The average molecular weight is 410 g/mol. The second kappa shape index (κ2) is 9.29. The summed E-state index contributed by atoms with van der Waals surface area (Å²) in [6.07, 6.45) is 4.25. The Morgan fingerprint density at radius 1 is 1.43 bits per heavy atom. The van der Waals surface area contributed by atoms with Crippen LogP contribution in [0.3, 0.4) is 0 Å². The molecule has 3 rings (SSSR count). The van der Waals surface area contributed by atoms with Gasteiger partial charge in [-0.05, 0) is 12.1 Å². The zero-order valence-corrected chi connectivity index (χ0v) is 16.1. The van der Waals surface area contributed by atoms with Gasteiger partial charge in [-0.3, -0.25) is 4.79 Å². The standard InChI is InChI=1S/C20H19FN8O.2H2/c1-29-12-15(8-17(29)19(30)24-7-6-22)27-20-26-11-14(9-23)18(28-20)25-10-13-4-2-3-5-16(13)21;;/h2-5,8-9,11-12,23H,7,10H2,1H3,(H,24,30)(H2,25,26,27,28);2*1H. The van der Waals surface area contributed by atoms with Gasteiger partial charge in [-0.2, -0.15) is 10.2 Å². The Hall–Kier alpha value is -4.26. The lowest BCUT2D eigenvalue weighted by Gasteiger charge is -2.11. The Morgan fingerprint density at radius 2 is 2.23 bits per heavy atom. The predicted octanol–water partition coefficient (Wildman–Crippen LogP) is 3.05. The molecule has 0 fully saturated rings. The van der Waals surface area contributed by atoms with Crippen molar-refractivity contribution in [1.82, 2.24) is 19.9 Å². The molecule has 0 bridgehead atoms. The molecular formula is C20H23FN8O. The van der Waals surface area contributed by atoms with Crippen LogP contribution < -0.4 is 16.0 Å². The molecule has 0 unspecified atom stereocenters. The molecule has 0 aliphatic carbocycles. The number of carbonyl (C=O) groups is 1. The van der Waals surface area contributed by atoms with E-state index in [0.717, 1.165) is 6.21 Å². The average Bonchev–Trinajstić information content (AvgIpc) is 3.11. The topological polar surface area (TPSA) is 132 Å². The molecule has 2 heterocycles. The first-order chi connectivity index (χ1) is 14.5. The maximum atomic E-state index is 13.8. The van der Waals surface area contributed by atoms with Crippen molar-refractivity contribution in [3.8, 4) is 6.07 Å². The van der Waals surface area contributed by atoms with Crippen molar-refractivity contribution >= 4 is 29.6 Å². The van der Waals surface area contributed by atoms with Crippen LogP contribution in [0.25, 0.3) is 0 Å². The number of nitrogens with one attached hydrogen (secondary N) is 4. The highest BCUT2D eigenvalue weighted by molar-refractivity contribution is 5.94. The summed E-state index contributed by atoms with van der Waals surface area (Å²) >= 11 is 0. The number of aromatic nitrogens is 3. The molecular weight excluding hydrogens is 387 g/mol. The fourth-order valence-corrected chi connectivity index (χ4v) is 2.72. The van der Waals surface area contributed by atoms with Gasteiger partial charge >= 0.3 is 0 Å². The molecule has 0 radical (unpaired) electrons. The van der Waals surface area contributed by atoms with E-state index >= 15 is 0 Å². The molecule has 4 N–H and O–H groups in total. The van der Waals surface area contributed by atoms with Gasteiger partial charge in [0.25, 0.3) is 5.91 Å². The third kappa shape index (κ3) is 4.77. The lowest BCUT2D eigenvalue weighted by atomic mass is 10.2. The molecule has 1 amide bonds. The number of nitrogens with zero attached hydrogens (tertiary/aromatic N) is 4. The maximum Gasteiger partial charge on any atom is 0.268 e. The van der Waals surface area contributed by atoms with Gasteiger partial charge in [-0.1, -0.05) is 18.2 Å². The predicted molar refractivity (Wildman–Crippen MR) is 115 cm³/mol. The van der Waals surface area contributed by atoms with E-state index < -0.39 is 0 Å². The maximum absolute atomic E-state index is 13.8. The van der Waals surface area contributed by atoms with Crippen molar-refractivity contribution in [2.24, 2.45) is 7.05 Å². The normalized spacial score (nSPS) is 10.2. The summed E-state index contributed by atoms with van der Waals surface area (Å²) in [7, 11) is 1.70. The molecule has 3 aromatic rings. The Labute approximate surface area is 175 Å². The van der Waals surface area contributed by atoms with E-state index in [4.69, 9.17) is 10.7 Å². The fraction of sp³-hybridized carbons (Fsp3) is 0.150. The van der Waals surface area contributed by atoms with Crippen molar-refractivity contribution in [2.45, 2.75) is 6.54 Å². The van der Waals surface area contributed by atoms with Crippen molar-refractivity contribution in [1.29, 1.82) is 10.7 Å².